The molecule has 0 radical (unpaired) electrons. The van der Waals surface area contributed by atoms with Crippen LogP contribution in [0.3, 0.4) is 0 Å². The van der Waals surface area contributed by atoms with Crippen LogP contribution in [0, 0.1) is 0 Å². The molecular weight excluding hydrogens is 402 g/mol. The molecule has 1 amide bonds. The van der Waals surface area contributed by atoms with Crippen molar-refractivity contribution in [1.29, 1.82) is 0 Å². The van der Waals surface area contributed by atoms with Crippen LogP contribution in [0.15, 0.2) is 53.2 Å². The average Bonchev–Trinajstić information content (AvgIpc) is 3.22. The number of rotatable bonds is 7. The van der Waals surface area contributed by atoms with Crippen LogP contribution in [-0.4, -0.2) is 25.7 Å². The van der Waals surface area contributed by atoms with E-state index in [1.165, 1.54) is 19.3 Å². The molecule has 5 nitrogen and oxygen atoms in total. The number of hydrogen-bond donors (Lipinski definition) is 1. The molecule has 0 aliphatic heterocycles. The van der Waals surface area contributed by atoms with Gasteiger partial charge in [-0.3, -0.25) is 4.79 Å². The predicted molar refractivity (Wildman–Crippen MR) is 128 cm³/mol. The molecule has 1 aliphatic carbocycles. The van der Waals surface area contributed by atoms with E-state index in [4.69, 9.17) is 13.9 Å². The number of carbonyl (C=O) groups excluding carboxylic acids is 1. The zero-order valence-corrected chi connectivity index (χ0v) is 19.1. The first kappa shape index (κ1) is 22.0. The number of amides is 1. The summed E-state index contributed by atoms with van der Waals surface area (Å²) in [6.07, 6.45) is 9.20. The summed E-state index contributed by atoms with van der Waals surface area (Å²) in [4.78, 5) is 12.6. The molecule has 1 N–H and O–H groups in total. The Morgan fingerprint density at radius 2 is 1.91 bits per heavy atom. The lowest BCUT2D eigenvalue weighted by Gasteiger charge is -2.22. The van der Waals surface area contributed by atoms with Crippen LogP contribution >= 0.6 is 0 Å². The summed E-state index contributed by atoms with van der Waals surface area (Å²) < 4.78 is 17.0. The summed E-state index contributed by atoms with van der Waals surface area (Å²) >= 11 is 0. The summed E-state index contributed by atoms with van der Waals surface area (Å²) in [5, 5.41) is 4.13. The van der Waals surface area contributed by atoms with Gasteiger partial charge < -0.3 is 19.2 Å². The monoisotopic (exact) mass is 433 g/mol. The van der Waals surface area contributed by atoms with Gasteiger partial charge in [0.25, 0.3) is 0 Å². The van der Waals surface area contributed by atoms with Crippen molar-refractivity contribution in [2.24, 2.45) is 0 Å². The Bertz CT molecular complexity index is 1100. The van der Waals surface area contributed by atoms with Crippen LogP contribution in [0.2, 0.25) is 0 Å². The van der Waals surface area contributed by atoms with Gasteiger partial charge in [-0.05, 0) is 56.0 Å². The Morgan fingerprint density at radius 1 is 1.16 bits per heavy atom. The molecule has 4 rings (SSSR count). The van der Waals surface area contributed by atoms with Gasteiger partial charge in [0.2, 0.25) is 5.91 Å². The maximum atomic E-state index is 12.6. The van der Waals surface area contributed by atoms with E-state index >= 15 is 0 Å². The fraction of sp³-hybridized carbons (Fsp3) is 0.370. The number of hydrogen-bond acceptors (Lipinski definition) is 4. The fourth-order valence-corrected chi connectivity index (χ4v) is 4.42. The maximum absolute atomic E-state index is 12.6. The minimum absolute atomic E-state index is 0.0459. The summed E-state index contributed by atoms with van der Waals surface area (Å²) in [5.41, 5.74) is 4.52. The van der Waals surface area contributed by atoms with E-state index in [9.17, 15) is 4.79 Å². The Labute approximate surface area is 189 Å². The Morgan fingerprint density at radius 3 is 2.59 bits per heavy atom. The minimum atomic E-state index is -0.0459. The number of nitrogens with one attached hydrogen (secondary N) is 1. The second-order valence-electron chi connectivity index (χ2n) is 8.33. The van der Waals surface area contributed by atoms with Crippen molar-refractivity contribution in [2.75, 3.05) is 13.7 Å². The number of furan rings is 1. The van der Waals surface area contributed by atoms with Gasteiger partial charge in [-0.2, -0.15) is 0 Å². The van der Waals surface area contributed by atoms with Crippen LogP contribution < -0.4 is 14.8 Å². The molecule has 1 heterocycles. The highest BCUT2D eigenvalue weighted by Gasteiger charge is 2.17. The van der Waals surface area contributed by atoms with Crippen molar-refractivity contribution in [3.8, 4) is 22.6 Å². The highest BCUT2D eigenvalue weighted by atomic mass is 16.5. The molecule has 168 valence electrons. The first-order chi connectivity index (χ1) is 15.6. The smallest absolute Gasteiger partial charge is 0.244 e. The van der Waals surface area contributed by atoms with Crippen LogP contribution in [0.5, 0.6) is 11.5 Å². The summed E-state index contributed by atoms with van der Waals surface area (Å²) in [7, 11) is 1.64. The largest absolute Gasteiger partial charge is 0.496 e. The van der Waals surface area contributed by atoms with Crippen molar-refractivity contribution < 1.29 is 18.7 Å². The molecule has 0 atom stereocenters. The number of methoxy groups -OCH3 is 1. The molecule has 0 spiro atoms. The standard InChI is InChI=1S/C27H31NO4/c1-4-31-21-12-10-19(11-13-21)24-17-32-26-16-25(30-3)22(15-23(24)26)18(2)14-27(29)28-20-8-6-5-7-9-20/h10-17,20H,4-9H2,1-3H3,(H,28,29)/b18-14+. The van der Waals surface area contributed by atoms with Crippen LogP contribution in [0.1, 0.15) is 51.5 Å². The number of carbonyl (C=O) groups is 1. The predicted octanol–water partition coefficient (Wildman–Crippen LogP) is 6.36. The van der Waals surface area contributed by atoms with Gasteiger partial charge >= 0.3 is 0 Å². The van der Waals surface area contributed by atoms with Gasteiger partial charge in [-0.25, -0.2) is 0 Å². The number of ether oxygens (including phenoxy) is 2. The Balaban J connectivity index is 1.64. The van der Waals surface area contributed by atoms with Crippen LogP contribution in [0.4, 0.5) is 0 Å². The van der Waals surface area contributed by atoms with E-state index in [-0.39, 0.29) is 11.9 Å². The Kier molecular flexibility index (Phi) is 6.84. The quantitative estimate of drug-likeness (QED) is 0.441. The molecule has 0 unspecified atom stereocenters. The zero-order valence-electron chi connectivity index (χ0n) is 19.1. The summed E-state index contributed by atoms with van der Waals surface area (Å²) in [6.45, 7) is 4.55. The van der Waals surface area contributed by atoms with E-state index in [1.54, 1.807) is 19.4 Å². The van der Waals surface area contributed by atoms with Crippen molar-refractivity contribution in [1.82, 2.24) is 5.32 Å². The second-order valence-corrected chi connectivity index (χ2v) is 8.33. The van der Waals surface area contributed by atoms with E-state index in [0.717, 1.165) is 51.8 Å². The first-order valence-electron chi connectivity index (χ1n) is 11.4. The third kappa shape index (κ3) is 4.82. The second kappa shape index (κ2) is 9.94. The van der Waals surface area contributed by atoms with Gasteiger partial charge in [-0.1, -0.05) is 31.4 Å². The lowest BCUT2D eigenvalue weighted by atomic mass is 9.95. The van der Waals surface area contributed by atoms with Crippen molar-refractivity contribution in [3.63, 3.8) is 0 Å². The molecular formula is C27H31NO4. The fourth-order valence-electron chi connectivity index (χ4n) is 4.42. The highest BCUT2D eigenvalue weighted by Crippen LogP contribution is 2.37. The number of allylic oxidation sites excluding steroid dienone is 1. The van der Waals surface area contributed by atoms with Gasteiger partial charge in [0.15, 0.2) is 0 Å². The zero-order chi connectivity index (χ0) is 22.5. The van der Waals surface area contributed by atoms with E-state index in [1.807, 2.05) is 50.2 Å². The highest BCUT2D eigenvalue weighted by molar-refractivity contribution is 6.00. The van der Waals surface area contributed by atoms with Gasteiger partial charge in [0.05, 0.1) is 20.0 Å². The SMILES string of the molecule is CCOc1ccc(-c2coc3cc(OC)c(/C(C)=C/C(=O)NC4CCCCC4)cc23)cc1. The third-order valence-corrected chi connectivity index (χ3v) is 6.10. The first-order valence-corrected chi connectivity index (χ1v) is 11.4. The van der Waals surface area contributed by atoms with Gasteiger partial charge in [-0.15, -0.1) is 0 Å². The molecule has 0 bridgehead atoms. The topological polar surface area (TPSA) is 60.7 Å². The van der Waals surface area contributed by atoms with Crippen molar-refractivity contribution in [3.05, 3.63) is 54.3 Å². The number of fused-ring (bicyclic) bond motifs is 1. The molecule has 32 heavy (non-hydrogen) atoms. The van der Waals surface area contributed by atoms with Crippen LogP contribution in [-0.2, 0) is 4.79 Å². The molecule has 0 saturated heterocycles. The molecule has 2 aromatic carbocycles. The van der Waals surface area contributed by atoms with E-state index < -0.39 is 0 Å². The molecule has 1 saturated carbocycles. The lowest BCUT2D eigenvalue weighted by molar-refractivity contribution is -0.117. The Hall–Kier alpha value is -3.21. The van der Waals surface area contributed by atoms with Crippen molar-refractivity contribution in [2.45, 2.75) is 52.0 Å². The van der Waals surface area contributed by atoms with E-state index in [2.05, 4.69) is 5.32 Å². The summed E-state index contributed by atoms with van der Waals surface area (Å²) in [6, 6.07) is 12.2. The number of benzene rings is 2. The average molecular weight is 434 g/mol. The maximum Gasteiger partial charge on any atom is 0.244 e. The lowest BCUT2D eigenvalue weighted by Crippen LogP contribution is -2.35. The summed E-state index contributed by atoms with van der Waals surface area (Å²) in [5.74, 6) is 1.48. The van der Waals surface area contributed by atoms with Gasteiger partial charge in [0.1, 0.15) is 17.1 Å². The van der Waals surface area contributed by atoms with Crippen molar-refractivity contribution >= 4 is 22.4 Å². The molecule has 1 fully saturated rings. The molecule has 1 aliphatic rings. The molecule has 5 heteroatoms. The minimum Gasteiger partial charge on any atom is -0.496 e. The van der Waals surface area contributed by atoms with Crippen LogP contribution in [0.25, 0.3) is 27.7 Å². The van der Waals surface area contributed by atoms with Gasteiger partial charge in [0, 0.05) is 34.7 Å². The third-order valence-electron chi connectivity index (χ3n) is 6.10. The molecule has 1 aromatic heterocycles. The normalized spacial score (nSPS) is 15.0. The molecule has 3 aromatic rings. The van der Waals surface area contributed by atoms with E-state index in [0.29, 0.717) is 12.4 Å².